The van der Waals surface area contributed by atoms with Gasteiger partial charge in [-0.2, -0.15) is 0 Å². The number of rotatable bonds is 6. The number of likely N-dealkylation sites (N-methyl/N-ethyl adjacent to an activating group) is 1. The van der Waals surface area contributed by atoms with Crippen LogP contribution in [0.2, 0.25) is 0 Å². The lowest BCUT2D eigenvalue weighted by atomic mass is 9.89. The monoisotopic (exact) mass is 381 g/mol. The van der Waals surface area contributed by atoms with Crippen LogP contribution in [0.5, 0.6) is 5.75 Å². The zero-order chi connectivity index (χ0) is 19.5. The minimum atomic E-state index is -0.215. The van der Waals surface area contributed by atoms with Gasteiger partial charge in [-0.3, -0.25) is 0 Å². The van der Waals surface area contributed by atoms with E-state index in [-0.39, 0.29) is 5.82 Å². The molecule has 0 atom stereocenters. The van der Waals surface area contributed by atoms with Crippen molar-refractivity contribution >= 4 is 10.9 Å². The average molecular weight is 381 g/mol. The number of fused-ring (bicyclic) bond motifs is 1. The number of piperidine rings is 1. The predicted octanol–water partition coefficient (Wildman–Crippen LogP) is 4.38. The van der Waals surface area contributed by atoms with Crippen molar-refractivity contribution in [1.82, 2.24) is 15.2 Å². The predicted molar refractivity (Wildman–Crippen MR) is 113 cm³/mol. The number of hydrogen-bond donors (Lipinski definition) is 2. The van der Waals surface area contributed by atoms with Crippen molar-refractivity contribution in [3.8, 4) is 17.0 Å². The fraction of sp³-hybridized carbons (Fsp3) is 0.391. The van der Waals surface area contributed by atoms with Crippen LogP contribution in [0.15, 0.2) is 42.5 Å². The fourth-order valence-corrected chi connectivity index (χ4v) is 4.23. The zero-order valence-electron chi connectivity index (χ0n) is 16.6. The lowest BCUT2D eigenvalue weighted by molar-refractivity contribution is 0.214. The van der Waals surface area contributed by atoms with E-state index in [0.717, 1.165) is 50.1 Å². The number of halogens is 1. The van der Waals surface area contributed by atoms with Crippen LogP contribution >= 0.6 is 0 Å². The Kier molecular flexibility index (Phi) is 5.64. The summed E-state index contributed by atoms with van der Waals surface area (Å²) in [7, 11) is 3.61. The van der Waals surface area contributed by atoms with Crippen molar-refractivity contribution in [3.63, 3.8) is 0 Å². The first-order chi connectivity index (χ1) is 13.7. The molecule has 1 aliphatic rings. The van der Waals surface area contributed by atoms with E-state index < -0.39 is 0 Å². The standard InChI is InChI=1S/C23H28FN3O/c1-25-11-14-27-12-9-16(10-13-27)17-7-8-18-20(15-17)26-23(22(18)24)19-5-3-4-6-21(19)28-2/h3-8,15-16,25-26H,9-14H2,1-2H3. The SMILES string of the molecule is CNCCN1CCC(c2ccc3c(F)c(-c4ccccc4OC)[nH]c3c2)CC1. The molecule has 1 fully saturated rings. The van der Waals surface area contributed by atoms with Crippen LogP contribution in [0.4, 0.5) is 4.39 Å². The number of nitrogens with one attached hydrogen (secondary N) is 2. The first-order valence-electron chi connectivity index (χ1n) is 10.0. The van der Waals surface area contributed by atoms with E-state index in [9.17, 15) is 0 Å². The summed E-state index contributed by atoms with van der Waals surface area (Å²) in [6, 6.07) is 13.7. The number of aromatic nitrogens is 1. The largest absolute Gasteiger partial charge is 0.496 e. The van der Waals surface area contributed by atoms with E-state index in [1.165, 1.54) is 5.56 Å². The van der Waals surface area contributed by atoms with Gasteiger partial charge in [0.2, 0.25) is 0 Å². The molecule has 4 nitrogen and oxygen atoms in total. The Morgan fingerprint density at radius 1 is 1.18 bits per heavy atom. The van der Waals surface area contributed by atoms with Gasteiger partial charge in [-0.1, -0.05) is 18.2 Å². The normalized spacial score (nSPS) is 16.0. The van der Waals surface area contributed by atoms with Gasteiger partial charge in [0.05, 0.1) is 12.8 Å². The second-order valence-corrected chi connectivity index (χ2v) is 7.54. The highest BCUT2D eigenvalue weighted by molar-refractivity contribution is 5.88. The van der Waals surface area contributed by atoms with Crippen LogP contribution in [0.3, 0.4) is 0 Å². The molecule has 28 heavy (non-hydrogen) atoms. The van der Waals surface area contributed by atoms with E-state index in [1.807, 2.05) is 37.4 Å². The van der Waals surface area contributed by atoms with Crippen LogP contribution in [0.25, 0.3) is 22.2 Å². The average Bonchev–Trinajstić information content (AvgIpc) is 3.08. The third-order valence-corrected chi connectivity index (χ3v) is 5.87. The molecule has 0 radical (unpaired) electrons. The Morgan fingerprint density at radius 3 is 2.71 bits per heavy atom. The maximum absolute atomic E-state index is 15.1. The van der Waals surface area contributed by atoms with Gasteiger partial charge in [-0.25, -0.2) is 4.39 Å². The topological polar surface area (TPSA) is 40.3 Å². The summed E-state index contributed by atoms with van der Waals surface area (Å²) >= 11 is 0. The van der Waals surface area contributed by atoms with Gasteiger partial charge in [0.1, 0.15) is 5.75 Å². The fourth-order valence-electron chi connectivity index (χ4n) is 4.23. The molecular formula is C23H28FN3O. The molecule has 0 bridgehead atoms. The summed E-state index contributed by atoms with van der Waals surface area (Å²) in [6.07, 6.45) is 2.30. The van der Waals surface area contributed by atoms with Crippen LogP contribution < -0.4 is 10.1 Å². The summed E-state index contributed by atoms with van der Waals surface area (Å²) < 4.78 is 20.5. The van der Waals surface area contributed by atoms with E-state index in [4.69, 9.17) is 4.74 Å². The van der Waals surface area contributed by atoms with Crippen molar-refractivity contribution in [1.29, 1.82) is 0 Å². The number of methoxy groups -OCH3 is 1. The summed E-state index contributed by atoms with van der Waals surface area (Å²) in [5.74, 6) is 0.992. The summed E-state index contributed by atoms with van der Waals surface area (Å²) in [5, 5.41) is 3.85. The van der Waals surface area contributed by atoms with Gasteiger partial charge in [0.25, 0.3) is 0 Å². The number of likely N-dealkylation sites (tertiary alicyclic amines) is 1. The summed E-state index contributed by atoms with van der Waals surface area (Å²) in [4.78, 5) is 5.81. The molecule has 3 aromatic rings. The van der Waals surface area contributed by atoms with Gasteiger partial charge in [-0.15, -0.1) is 0 Å². The summed E-state index contributed by atoms with van der Waals surface area (Å²) in [6.45, 7) is 4.38. The van der Waals surface area contributed by atoms with Gasteiger partial charge in [-0.05, 0) is 68.7 Å². The molecule has 1 aliphatic heterocycles. The lowest BCUT2D eigenvalue weighted by Gasteiger charge is -2.32. The quantitative estimate of drug-likeness (QED) is 0.666. The highest BCUT2D eigenvalue weighted by Gasteiger charge is 2.22. The van der Waals surface area contributed by atoms with E-state index in [0.29, 0.717) is 22.7 Å². The molecule has 0 amide bonds. The minimum Gasteiger partial charge on any atom is -0.496 e. The van der Waals surface area contributed by atoms with Gasteiger partial charge in [0, 0.05) is 29.6 Å². The highest BCUT2D eigenvalue weighted by Crippen LogP contribution is 2.36. The highest BCUT2D eigenvalue weighted by atomic mass is 19.1. The number of H-pyrrole nitrogens is 1. The Labute approximate surface area is 165 Å². The molecule has 0 unspecified atom stereocenters. The molecule has 2 heterocycles. The van der Waals surface area contributed by atoms with Gasteiger partial charge >= 0.3 is 0 Å². The first kappa shape index (κ1) is 19.0. The van der Waals surface area contributed by atoms with Crippen molar-refractivity contribution < 1.29 is 9.13 Å². The molecule has 2 aromatic carbocycles. The zero-order valence-corrected chi connectivity index (χ0v) is 16.6. The number of ether oxygens (including phenoxy) is 1. The van der Waals surface area contributed by atoms with Crippen LogP contribution in [-0.2, 0) is 0 Å². The maximum atomic E-state index is 15.1. The molecule has 1 aromatic heterocycles. The van der Waals surface area contributed by atoms with E-state index in [1.54, 1.807) is 7.11 Å². The van der Waals surface area contributed by atoms with E-state index in [2.05, 4.69) is 27.3 Å². The van der Waals surface area contributed by atoms with Crippen LogP contribution in [0, 0.1) is 5.82 Å². The van der Waals surface area contributed by atoms with Crippen molar-refractivity contribution in [3.05, 3.63) is 53.8 Å². The Balaban J connectivity index is 1.59. The molecule has 0 aliphatic carbocycles. The van der Waals surface area contributed by atoms with Crippen molar-refractivity contribution in [2.75, 3.05) is 40.3 Å². The first-order valence-corrected chi connectivity index (χ1v) is 10.0. The summed E-state index contributed by atoms with van der Waals surface area (Å²) in [5.41, 5.74) is 3.40. The molecule has 0 saturated carbocycles. The van der Waals surface area contributed by atoms with Crippen molar-refractivity contribution in [2.24, 2.45) is 0 Å². The Bertz CT molecular complexity index is 944. The van der Waals surface area contributed by atoms with Crippen LogP contribution in [-0.4, -0.2) is 50.2 Å². The van der Waals surface area contributed by atoms with Gasteiger partial charge in [0.15, 0.2) is 5.82 Å². The number of para-hydroxylation sites is 1. The third kappa shape index (κ3) is 3.64. The number of aromatic amines is 1. The molecule has 5 heteroatoms. The molecule has 148 valence electrons. The van der Waals surface area contributed by atoms with E-state index >= 15 is 4.39 Å². The molecular weight excluding hydrogens is 353 g/mol. The second-order valence-electron chi connectivity index (χ2n) is 7.54. The molecule has 1 saturated heterocycles. The Hall–Kier alpha value is -2.37. The molecule has 2 N–H and O–H groups in total. The Morgan fingerprint density at radius 2 is 1.96 bits per heavy atom. The smallest absolute Gasteiger partial charge is 0.156 e. The lowest BCUT2D eigenvalue weighted by Crippen LogP contribution is -2.37. The number of hydrogen-bond acceptors (Lipinski definition) is 3. The van der Waals surface area contributed by atoms with Gasteiger partial charge < -0.3 is 19.9 Å². The second kappa shape index (κ2) is 8.33. The maximum Gasteiger partial charge on any atom is 0.156 e. The van der Waals surface area contributed by atoms with Crippen LogP contribution in [0.1, 0.15) is 24.3 Å². The molecule has 0 spiro atoms. The third-order valence-electron chi connectivity index (χ3n) is 5.87. The molecule has 4 rings (SSSR count). The van der Waals surface area contributed by atoms with Crippen molar-refractivity contribution in [2.45, 2.75) is 18.8 Å². The minimum absolute atomic E-state index is 0.215. The number of benzene rings is 2. The number of nitrogens with zero attached hydrogens (tertiary/aromatic N) is 1.